The second-order valence-corrected chi connectivity index (χ2v) is 7.89. The number of rotatable bonds is 8. The smallest absolute Gasteiger partial charge is 0.243 e. The number of nitrogens with zero attached hydrogens (tertiary/aromatic N) is 2. The molecule has 0 radical (unpaired) electrons. The SMILES string of the molecule is O=C(NCCCNS(=O)(=O)c1cnn(-c2ccccc2)c1)C1CCC1. The Kier molecular flexibility index (Phi) is 5.50. The van der Waals surface area contributed by atoms with E-state index in [2.05, 4.69) is 15.1 Å². The summed E-state index contributed by atoms with van der Waals surface area (Å²) in [5.74, 6) is 0.235. The molecule has 1 aromatic heterocycles. The first kappa shape index (κ1) is 17.6. The molecule has 0 saturated heterocycles. The number of carbonyl (C=O) groups excluding carboxylic acids is 1. The van der Waals surface area contributed by atoms with Crippen molar-refractivity contribution in [1.82, 2.24) is 19.8 Å². The molecule has 2 aromatic rings. The lowest BCUT2D eigenvalue weighted by Crippen LogP contribution is -2.36. The molecule has 1 aliphatic carbocycles. The first-order valence-electron chi connectivity index (χ1n) is 8.44. The van der Waals surface area contributed by atoms with Gasteiger partial charge in [0, 0.05) is 19.0 Å². The summed E-state index contributed by atoms with van der Waals surface area (Å²) in [5, 5.41) is 6.94. The van der Waals surface area contributed by atoms with Gasteiger partial charge in [0.05, 0.1) is 18.1 Å². The Morgan fingerprint density at radius 1 is 1.20 bits per heavy atom. The monoisotopic (exact) mass is 362 g/mol. The maximum Gasteiger partial charge on any atom is 0.243 e. The number of benzene rings is 1. The van der Waals surface area contributed by atoms with E-state index in [1.165, 1.54) is 17.1 Å². The molecule has 1 aliphatic rings. The summed E-state index contributed by atoms with van der Waals surface area (Å²) in [6.45, 7) is 0.741. The second-order valence-electron chi connectivity index (χ2n) is 6.13. The van der Waals surface area contributed by atoms with Gasteiger partial charge >= 0.3 is 0 Å². The average molecular weight is 362 g/mol. The molecule has 25 heavy (non-hydrogen) atoms. The van der Waals surface area contributed by atoms with Crippen LogP contribution in [0.2, 0.25) is 0 Å². The summed E-state index contributed by atoms with van der Waals surface area (Å²) in [7, 11) is -3.60. The van der Waals surface area contributed by atoms with Crippen LogP contribution in [0.15, 0.2) is 47.6 Å². The molecule has 0 bridgehead atoms. The maximum absolute atomic E-state index is 12.3. The van der Waals surface area contributed by atoms with Crippen molar-refractivity contribution in [1.29, 1.82) is 0 Å². The zero-order valence-corrected chi connectivity index (χ0v) is 14.7. The molecule has 7 nitrogen and oxygen atoms in total. The van der Waals surface area contributed by atoms with Crippen LogP contribution in [-0.2, 0) is 14.8 Å². The van der Waals surface area contributed by atoms with Crippen LogP contribution in [0.25, 0.3) is 5.69 Å². The summed E-state index contributed by atoms with van der Waals surface area (Å²) in [6, 6.07) is 9.31. The summed E-state index contributed by atoms with van der Waals surface area (Å²) in [6.07, 6.45) is 6.40. The standard InChI is InChI=1S/C17H22N4O3S/c22-17(14-6-4-7-14)18-10-5-11-20-25(23,24)16-12-19-21(13-16)15-8-2-1-3-9-15/h1-3,8-9,12-14,20H,4-7,10-11H2,(H,18,22). The van der Waals surface area contributed by atoms with Crippen LogP contribution in [0, 0.1) is 5.92 Å². The topological polar surface area (TPSA) is 93.1 Å². The van der Waals surface area contributed by atoms with Crippen LogP contribution in [0.1, 0.15) is 25.7 Å². The minimum Gasteiger partial charge on any atom is -0.356 e. The Balaban J connectivity index is 1.47. The molecular weight excluding hydrogens is 340 g/mol. The number of aromatic nitrogens is 2. The van der Waals surface area contributed by atoms with Gasteiger partial charge in [-0.1, -0.05) is 24.6 Å². The molecule has 1 fully saturated rings. The fourth-order valence-corrected chi connectivity index (χ4v) is 3.58. The lowest BCUT2D eigenvalue weighted by molar-refractivity contribution is -0.127. The van der Waals surface area contributed by atoms with Crippen molar-refractivity contribution < 1.29 is 13.2 Å². The Bertz CT molecular complexity index is 813. The number of sulfonamides is 1. The second kappa shape index (κ2) is 7.79. The summed E-state index contributed by atoms with van der Waals surface area (Å²) in [4.78, 5) is 11.8. The van der Waals surface area contributed by atoms with Crippen LogP contribution in [0.5, 0.6) is 0 Å². The number of hydrogen-bond acceptors (Lipinski definition) is 4. The summed E-state index contributed by atoms with van der Waals surface area (Å²) in [5.41, 5.74) is 0.794. The number of carbonyl (C=O) groups is 1. The highest BCUT2D eigenvalue weighted by Gasteiger charge is 2.24. The Morgan fingerprint density at radius 3 is 2.64 bits per heavy atom. The van der Waals surface area contributed by atoms with Gasteiger partial charge < -0.3 is 5.32 Å². The molecular formula is C17H22N4O3S. The third kappa shape index (κ3) is 4.46. The van der Waals surface area contributed by atoms with Gasteiger partial charge in [-0.15, -0.1) is 0 Å². The van der Waals surface area contributed by atoms with Gasteiger partial charge in [0.25, 0.3) is 0 Å². The fourth-order valence-electron chi connectivity index (χ4n) is 2.57. The van der Waals surface area contributed by atoms with Crippen LogP contribution in [-0.4, -0.2) is 37.2 Å². The maximum atomic E-state index is 12.3. The van der Waals surface area contributed by atoms with E-state index in [1.807, 2.05) is 30.3 Å². The van der Waals surface area contributed by atoms with Crippen molar-refractivity contribution in [3.63, 3.8) is 0 Å². The first-order valence-corrected chi connectivity index (χ1v) is 9.92. The number of amides is 1. The van der Waals surface area contributed by atoms with Gasteiger partial charge in [-0.25, -0.2) is 17.8 Å². The van der Waals surface area contributed by atoms with E-state index in [4.69, 9.17) is 0 Å². The lowest BCUT2D eigenvalue weighted by Gasteiger charge is -2.23. The van der Waals surface area contributed by atoms with E-state index in [1.54, 1.807) is 0 Å². The summed E-state index contributed by atoms with van der Waals surface area (Å²) >= 11 is 0. The number of hydrogen-bond donors (Lipinski definition) is 2. The van der Waals surface area contributed by atoms with Crippen LogP contribution in [0.3, 0.4) is 0 Å². The number of nitrogens with one attached hydrogen (secondary N) is 2. The average Bonchev–Trinajstić information content (AvgIpc) is 3.04. The molecule has 3 rings (SSSR count). The molecule has 0 aliphatic heterocycles. The van der Waals surface area contributed by atoms with E-state index >= 15 is 0 Å². The van der Waals surface area contributed by atoms with Gasteiger partial charge in [0.15, 0.2) is 0 Å². The van der Waals surface area contributed by atoms with Gasteiger partial charge in [0.1, 0.15) is 4.90 Å². The van der Waals surface area contributed by atoms with E-state index < -0.39 is 10.0 Å². The molecule has 0 atom stereocenters. The Hall–Kier alpha value is -2.19. The molecule has 0 spiro atoms. The van der Waals surface area contributed by atoms with Gasteiger partial charge in [-0.2, -0.15) is 5.10 Å². The van der Waals surface area contributed by atoms with E-state index in [9.17, 15) is 13.2 Å². The van der Waals surface area contributed by atoms with E-state index in [-0.39, 0.29) is 23.3 Å². The first-order chi connectivity index (χ1) is 12.1. The molecule has 8 heteroatoms. The quantitative estimate of drug-likeness (QED) is 0.695. The highest BCUT2D eigenvalue weighted by atomic mass is 32.2. The van der Waals surface area contributed by atoms with Gasteiger partial charge in [-0.05, 0) is 31.4 Å². The predicted molar refractivity (Wildman–Crippen MR) is 93.7 cm³/mol. The Morgan fingerprint density at radius 2 is 1.96 bits per heavy atom. The highest BCUT2D eigenvalue weighted by Crippen LogP contribution is 2.26. The van der Waals surface area contributed by atoms with Crippen molar-refractivity contribution in [3.8, 4) is 5.69 Å². The normalized spacial score (nSPS) is 14.9. The van der Waals surface area contributed by atoms with Gasteiger partial charge in [0.2, 0.25) is 15.9 Å². The van der Waals surface area contributed by atoms with Crippen molar-refractivity contribution in [3.05, 3.63) is 42.7 Å². The van der Waals surface area contributed by atoms with Crippen molar-refractivity contribution in [2.45, 2.75) is 30.6 Å². The molecule has 134 valence electrons. The third-order valence-electron chi connectivity index (χ3n) is 4.31. The molecule has 1 heterocycles. The van der Waals surface area contributed by atoms with Crippen LogP contribution in [0.4, 0.5) is 0 Å². The largest absolute Gasteiger partial charge is 0.356 e. The molecule has 1 saturated carbocycles. The fraction of sp³-hybridized carbons (Fsp3) is 0.412. The lowest BCUT2D eigenvalue weighted by atomic mass is 9.85. The third-order valence-corrected chi connectivity index (χ3v) is 5.73. The van der Waals surface area contributed by atoms with Crippen LogP contribution < -0.4 is 10.0 Å². The van der Waals surface area contributed by atoms with Crippen molar-refractivity contribution in [2.24, 2.45) is 5.92 Å². The molecule has 2 N–H and O–H groups in total. The minimum atomic E-state index is -3.60. The van der Waals surface area contributed by atoms with E-state index in [0.29, 0.717) is 13.0 Å². The Labute approximate surface area is 147 Å². The van der Waals surface area contributed by atoms with Crippen molar-refractivity contribution >= 4 is 15.9 Å². The van der Waals surface area contributed by atoms with Gasteiger partial charge in [-0.3, -0.25) is 4.79 Å². The molecule has 1 aromatic carbocycles. The zero-order chi connectivity index (χ0) is 17.7. The predicted octanol–water partition coefficient (Wildman–Crippen LogP) is 1.46. The zero-order valence-electron chi connectivity index (χ0n) is 13.9. The molecule has 0 unspecified atom stereocenters. The highest BCUT2D eigenvalue weighted by molar-refractivity contribution is 7.89. The summed E-state index contributed by atoms with van der Waals surface area (Å²) < 4.78 is 28.6. The van der Waals surface area contributed by atoms with Crippen molar-refractivity contribution in [2.75, 3.05) is 13.1 Å². The van der Waals surface area contributed by atoms with E-state index in [0.717, 1.165) is 24.9 Å². The molecule has 1 amide bonds. The number of para-hydroxylation sites is 1. The minimum absolute atomic E-state index is 0.0817. The van der Waals surface area contributed by atoms with Crippen LogP contribution >= 0.6 is 0 Å².